The highest BCUT2D eigenvalue weighted by Gasteiger charge is 2.23. The summed E-state index contributed by atoms with van der Waals surface area (Å²) >= 11 is 0. The third kappa shape index (κ3) is 3.81. The molecule has 0 aliphatic carbocycles. The SMILES string of the molecule is Cc1cccc(NC(=O)CN2C[C@H](C)O[C@@H](C)C2)c1C. The lowest BCUT2D eigenvalue weighted by atomic mass is 10.1. The van der Waals surface area contributed by atoms with E-state index in [0.29, 0.717) is 6.54 Å². The fourth-order valence-corrected chi connectivity index (χ4v) is 2.69. The number of benzene rings is 1. The molecule has 1 amide bonds. The molecular weight excluding hydrogens is 252 g/mol. The summed E-state index contributed by atoms with van der Waals surface area (Å²) in [6, 6.07) is 5.97. The summed E-state index contributed by atoms with van der Waals surface area (Å²) < 4.78 is 5.68. The molecule has 1 heterocycles. The average molecular weight is 276 g/mol. The van der Waals surface area contributed by atoms with Gasteiger partial charge in [0.15, 0.2) is 0 Å². The van der Waals surface area contributed by atoms with Crippen molar-refractivity contribution in [2.45, 2.75) is 39.9 Å². The van der Waals surface area contributed by atoms with E-state index in [1.807, 2.05) is 32.9 Å². The zero-order valence-electron chi connectivity index (χ0n) is 12.8. The van der Waals surface area contributed by atoms with Crippen molar-refractivity contribution in [1.82, 2.24) is 4.90 Å². The number of hydrogen-bond donors (Lipinski definition) is 1. The number of amides is 1. The van der Waals surface area contributed by atoms with Gasteiger partial charge in [0.25, 0.3) is 0 Å². The summed E-state index contributed by atoms with van der Waals surface area (Å²) in [6.07, 6.45) is 0.375. The van der Waals surface area contributed by atoms with Crippen LogP contribution in [0.3, 0.4) is 0 Å². The maximum atomic E-state index is 12.2. The third-order valence-corrected chi connectivity index (χ3v) is 3.74. The Morgan fingerprint density at radius 3 is 2.60 bits per heavy atom. The maximum Gasteiger partial charge on any atom is 0.238 e. The van der Waals surface area contributed by atoms with Crippen molar-refractivity contribution >= 4 is 11.6 Å². The van der Waals surface area contributed by atoms with Gasteiger partial charge in [-0.1, -0.05) is 12.1 Å². The first-order chi connectivity index (χ1) is 9.45. The minimum Gasteiger partial charge on any atom is -0.373 e. The summed E-state index contributed by atoms with van der Waals surface area (Å²) in [6.45, 7) is 10.2. The topological polar surface area (TPSA) is 41.6 Å². The number of nitrogens with zero attached hydrogens (tertiary/aromatic N) is 1. The van der Waals surface area contributed by atoms with Gasteiger partial charge in [-0.3, -0.25) is 9.69 Å². The van der Waals surface area contributed by atoms with Crippen molar-refractivity contribution < 1.29 is 9.53 Å². The molecule has 1 aromatic rings. The predicted octanol–water partition coefficient (Wildman–Crippen LogP) is 2.35. The highest BCUT2D eigenvalue weighted by Crippen LogP contribution is 2.18. The molecule has 1 aliphatic heterocycles. The number of aryl methyl sites for hydroxylation is 1. The van der Waals surface area contributed by atoms with Gasteiger partial charge in [-0.2, -0.15) is 0 Å². The van der Waals surface area contributed by atoms with E-state index >= 15 is 0 Å². The van der Waals surface area contributed by atoms with Crippen LogP contribution in [0.2, 0.25) is 0 Å². The van der Waals surface area contributed by atoms with Crippen LogP contribution in [0.25, 0.3) is 0 Å². The first kappa shape index (κ1) is 15.0. The van der Waals surface area contributed by atoms with Crippen molar-refractivity contribution in [3.63, 3.8) is 0 Å². The Labute approximate surface area is 121 Å². The Bertz CT molecular complexity index is 477. The summed E-state index contributed by atoms with van der Waals surface area (Å²) in [7, 11) is 0. The molecule has 110 valence electrons. The lowest BCUT2D eigenvalue weighted by Crippen LogP contribution is -2.48. The number of rotatable bonds is 3. The molecule has 0 bridgehead atoms. The van der Waals surface area contributed by atoms with Crippen LogP contribution in [0.5, 0.6) is 0 Å². The Hall–Kier alpha value is -1.39. The van der Waals surface area contributed by atoms with Crippen LogP contribution in [0.15, 0.2) is 18.2 Å². The van der Waals surface area contributed by atoms with Crippen LogP contribution < -0.4 is 5.32 Å². The van der Waals surface area contributed by atoms with E-state index in [0.717, 1.165) is 24.3 Å². The number of nitrogens with one attached hydrogen (secondary N) is 1. The van der Waals surface area contributed by atoms with E-state index in [1.54, 1.807) is 0 Å². The van der Waals surface area contributed by atoms with Gasteiger partial charge in [-0.25, -0.2) is 0 Å². The van der Waals surface area contributed by atoms with Crippen molar-refractivity contribution in [1.29, 1.82) is 0 Å². The van der Waals surface area contributed by atoms with Crippen molar-refractivity contribution in [3.8, 4) is 0 Å². The van der Waals surface area contributed by atoms with Crippen LogP contribution in [-0.2, 0) is 9.53 Å². The first-order valence-corrected chi connectivity index (χ1v) is 7.19. The quantitative estimate of drug-likeness (QED) is 0.921. The zero-order chi connectivity index (χ0) is 14.7. The molecule has 2 rings (SSSR count). The lowest BCUT2D eigenvalue weighted by molar-refractivity contribution is -0.121. The molecule has 4 heteroatoms. The number of carbonyl (C=O) groups is 1. The third-order valence-electron chi connectivity index (χ3n) is 3.74. The molecule has 20 heavy (non-hydrogen) atoms. The van der Waals surface area contributed by atoms with Gasteiger partial charge in [-0.05, 0) is 44.9 Å². The van der Waals surface area contributed by atoms with E-state index in [1.165, 1.54) is 5.56 Å². The van der Waals surface area contributed by atoms with Crippen molar-refractivity contribution in [2.75, 3.05) is 25.0 Å². The van der Waals surface area contributed by atoms with Crippen LogP contribution in [0, 0.1) is 13.8 Å². The minimum atomic E-state index is 0.0417. The van der Waals surface area contributed by atoms with E-state index in [2.05, 4.69) is 23.2 Å². The molecule has 0 saturated carbocycles. The Balaban J connectivity index is 1.94. The molecular formula is C16H24N2O2. The average Bonchev–Trinajstić information content (AvgIpc) is 2.33. The number of hydrogen-bond acceptors (Lipinski definition) is 3. The van der Waals surface area contributed by atoms with Crippen LogP contribution in [-0.4, -0.2) is 42.6 Å². The zero-order valence-corrected chi connectivity index (χ0v) is 12.8. The highest BCUT2D eigenvalue weighted by atomic mass is 16.5. The standard InChI is InChI=1S/C16H24N2O2/c1-11-6-5-7-15(14(11)4)17-16(19)10-18-8-12(2)20-13(3)9-18/h5-7,12-13H,8-10H2,1-4H3,(H,17,19)/t12-,13-/m0/s1. The van der Waals surface area contributed by atoms with Gasteiger partial charge < -0.3 is 10.1 Å². The molecule has 1 N–H and O–H groups in total. The Kier molecular flexibility index (Phi) is 4.78. The molecule has 1 fully saturated rings. The van der Waals surface area contributed by atoms with E-state index in [4.69, 9.17) is 4.74 Å². The Morgan fingerprint density at radius 1 is 1.30 bits per heavy atom. The Morgan fingerprint density at radius 2 is 1.95 bits per heavy atom. The fraction of sp³-hybridized carbons (Fsp3) is 0.562. The molecule has 1 saturated heterocycles. The van der Waals surface area contributed by atoms with Crippen LogP contribution in [0.4, 0.5) is 5.69 Å². The van der Waals surface area contributed by atoms with Gasteiger partial charge in [0.05, 0.1) is 18.8 Å². The fourth-order valence-electron chi connectivity index (χ4n) is 2.69. The van der Waals surface area contributed by atoms with Gasteiger partial charge in [-0.15, -0.1) is 0 Å². The van der Waals surface area contributed by atoms with Gasteiger partial charge in [0.1, 0.15) is 0 Å². The second kappa shape index (κ2) is 6.37. The maximum absolute atomic E-state index is 12.2. The smallest absolute Gasteiger partial charge is 0.238 e. The van der Waals surface area contributed by atoms with Crippen molar-refractivity contribution in [3.05, 3.63) is 29.3 Å². The lowest BCUT2D eigenvalue weighted by Gasteiger charge is -2.34. The monoisotopic (exact) mass is 276 g/mol. The van der Waals surface area contributed by atoms with Crippen LogP contribution >= 0.6 is 0 Å². The molecule has 2 atom stereocenters. The normalized spacial score (nSPS) is 23.6. The van der Waals surface area contributed by atoms with Gasteiger partial charge in [0.2, 0.25) is 5.91 Å². The molecule has 1 aliphatic rings. The summed E-state index contributed by atoms with van der Waals surface area (Å²) in [4.78, 5) is 14.3. The molecule has 4 nitrogen and oxygen atoms in total. The molecule has 0 radical (unpaired) electrons. The number of carbonyl (C=O) groups excluding carboxylic acids is 1. The first-order valence-electron chi connectivity index (χ1n) is 7.19. The molecule has 0 spiro atoms. The second-order valence-electron chi connectivity index (χ2n) is 5.75. The van der Waals surface area contributed by atoms with E-state index in [-0.39, 0.29) is 18.1 Å². The van der Waals surface area contributed by atoms with Crippen molar-refractivity contribution in [2.24, 2.45) is 0 Å². The van der Waals surface area contributed by atoms with Crippen LogP contribution in [0.1, 0.15) is 25.0 Å². The molecule has 0 unspecified atom stereocenters. The number of ether oxygens (including phenoxy) is 1. The number of morpholine rings is 1. The summed E-state index contributed by atoms with van der Waals surface area (Å²) in [5.74, 6) is 0.0417. The molecule has 1 aromatic carbocycles. The highest BCUT2D eigenvalue weighted by molar-refractivity contribution is 5.93. The van der Waals surface area contributed by atoms with E-state index < -0.39 is 0 Å². The largest absolute Gasteiger partial charge is 0.373 e. The van der Waals surface area contributed by atoms with E-state index in [9.17, 15) is 4.79 Å². The second-order valence-corrected chi connectivity index (χ2v) is 5.75. The summed E-state index contributed by atoms with van der Waals surface area (Å²) in [5, 5.41) is 3.01. The molecule has 0 aromatic heterocycles. The predicted molar refractivity (Wildman–Crippen MR) is 81.0 cm³/mol. The van der Waals surface area contributed by atoms with Gasteiger partial charge in [0, 0.05) is 18.8 Å². The summed E-state index contributed by atoms with van der Waals surface area (Å²) in [5.41, 5.74) is 3.23. The number of anilines is 1. The van der Waals surface area contributed by atoms with Gasteiger partial charge >= 0.3 is 0 Å². The minimum absolute atomic E-state index is 0.0417.